The maximum atomic E-state index is 10.8. The number of carbonyl (C=O) groups is 2. The fourth-order valence-corrected chi connectivity index (χ4v) is 0.758. The molecule has 0 saturated heterocycles. The summed E-state index contributed by atoms with van der Waals surface area (Å²) in [5.41, 5.74) is 9.07. The Morgan fingerprint density at radius 2 is 1.90 bits per heavy atom. The van der Waals surface area contributed by atoms with Crippen LogP contribution >= 0.6 is 0 Å². The minimum absolute atomic E-state index is 0.0949. The number of rotatable bonds is 0. The van der Waals surface area contributed by atoms with Crippen molar-refractivity contribution >= 4 is 11.6 Å². The van der Waals surface area contributed by atoms with Gasteiger partial charge in [0.15, 0.2) is 11.6 Å². The lowest BCUT2D eigenvalue weighted by Gasteiger charge is -2.21. The quantitative estimate of drug-likeness (QED) is 0.409. The minimum atomic E-state index is -1.47. The predicted octanol–water partition coefficient (Wildman–Crippen LogP) is -1.30. The number of ketones is 2. The van der Waals surface area contributed by atoms with Crippen LogP contribution in [0.4, 0.5) is 0 Å². The van der Waals surface area contributed by atoms with Crippen molar-refractivity contribution in [2.75, 3.05) is 0 Å². The number of hydrogen-bond acceptors (Lipinski definition) is 4. The summed E-state index contributed by atoms with van der Waals surface area (Å²) in [7, 11) is 0. The van der Waals surface area contributed by atoms with E-state index in [4.69, 9.17) is 11.5 Å². The molecular formula is C6H8N2O2. The molecule has 0 bridgehead atoms. The van der Waals surface area contributed by atoms with Gasteiger partial charge in [0, 0.05) is 6.42 Å². The monoisotopic (exact) mass is 140 g/mol. The Hall–Kier alpha value is -1.00. The second-order valence-corrected chi connectivity index (χ2v) is 2.38. The first-order chi connectivity index (χ1) is 4.52. The third-order valence-electron chi connectivity index (χ3n) is 1.35. The summed E-state index contributed by atoms with van der Waals surface area (Å²) in [5, 5.41) is 0. The van der Waals surface area contributed by atoms with Gasteiger partial charge in [-0.1, -0.05) is 0 Å². The molecule has 1 rings (SSSR count). The zero-order chi connectivity index (χ0) is 7.78. The van der Waals surface area contributed by atoms with Gasteiger partial charge in [0.1, 0.15) is 5.66 Å². The summed E-state index contributed by atoms with van der Waals surface area (Å²) < 4.78 is 0. The standard InChI is InChI=1S/C6H8N2O2/c7-6(8)3-4(9)1-2-5(6)10/h1-2H,3,7-8H2. The van der Waals surface area contributed by atoms with Gasteiger partial charge in [-0.25, -0.2) is 0 Å². The van der Waals surface area contributed by atoms with Crippen LogP contribution in [-0.4, -0.2) is 17.2 Å². The predicted molar refractivity (Wildman–Crippen MR) is 34.9 cm³/mol. The molecule has 0 aliphatic heterocycles. The molecule has 0 fully saturated rings. The van der Waals surface area contributed by atoms with Crippen molar-refractivity contribution in [1.82, 2.24) is 0 Å². The van der Waals surface area contributed by atoms with E-state index in [0.29, 0.717) is 0 Å². The molecule has 0 spiro atoms. The van der Waals surface area contributed by atoms with Gasteiger partial charge in [-0.15, -0.1) is 0 Å². The molecule has 0 amide bonds. The summed E-state index contributed by atoms with van der Waals surface area (Å²) in [6, 6.07) is 0. The summed E-state index contributed by atoms with van der Waals surface area (Å²) in [6.07, 6.45) is 2.22. The zero-order valence-corrected chi connectivity index (χ0v) is 5.33. The number of carbonyl (C=O) groups excluding carboxylic acids is 2. The molecule has 0 aromatic rings. The van der Waals surface area contributed by atoms with E-state index in [9.17, 15) is 9.59 Å². The first-order valence-corrected chi connectivity index (χ1v) is 2.85. The average molecular weight is 140 g/mol. The largest absolute Gasteiger partial charge is 0.307 e. The van der Waals surface area contributed by atoms with Gasteiger partial charge in [-0.2, -0.15) is 0 Å². The van der Waals surface area contributed by atoms with Gasteiger partial charge in [-0.3, -0.25) is 9.59 Å². The Kier molecular flexibility index (Phi) is 1.42. The van der Waals surface area contributed by atoms with E-state index < -0.39 is 11.4 Å². The molecule has 0 atom stereocenters. The Balaban J connectivity index is 2.93. The zero-order valence-electron chi connectivity index (χ0n) is 5.33. The molecule has 10 heavy (non-hydrogen) atoms. The molecule has 0 heterocycles. The highest BCUT2D eigenvalue weighted by Gasteiger charge is 2.32. The molecule has 1 aliphatic carbocycles. The number of hydrogen-bond donors (Lipinski definition) is 2. The second kappa shape index (κ2) is 2.00. The maximum absolute atomic E-state index is 10.8. The highest BCUT2D eigenvalue weighted by atomic mass is 16.1. The lowest BCUT2D eigenvalue weighted by molar-refractivity contribution is -0.125. The fraction of sp³-hybridized carbons (Fsp3) is 0.333. The van der Waals surface area contributed by atoms with Crippen molar-refractivity contribution in [3.05, 3.63) is 12.2 Å². The molecule has 4 nitrogen and oxygen atoms in total. The lowest BCUT2D eigenvalue weighted by Crippen LogP contribution is -2.58. The van der Waals surface area contributed by atoms with E-state index in [1.54, 1.807) is 0 Å². The van der Waals surface area contributed by atoms with Crippen molar-refractivity contribution in [2.24, 2.45) is 11.5 Å². The lowest BCUT2D eigenvalue weighted by atomic mass is 9.94. The number of nitrogens with two attached hydrogens (primary N) is 2. The average Bonchev–Trinajstić information content (AvgIpc) is 1.78. The van der Waals surface area contributed by atoms with Gasteiger partial charge >= 0.3 is 0 Å². The van der Waals surface area contributed by atoms with E-state index in [2.05, 4.69) is 0 Å². The molecule has 1 aliphatic rings. The van der Waals surface area contributed by atoms with Gasteiger partial charge in [0.05, 0.1) is 0 Å². The van der Waals surface area contributed by atoms with Crippen molar-refractivity contribution in [3.63, 3.8) is 0 Å². The molecule has 0 radical (unpaired) electrons. The first-order valence-electron chi connectivity index (χ1n) is 2.85. The molecule has 4 heteroatoms. The van der Waals surface area contributed by atoms with Crippen LogP contribution in [0, 0.1) is 0 Å². The van der Waals surface area contributed by atoms with Gasteiger partial charge in [-0.05, 0) is 12.2 Å². The van der Waals surface area contributed by atoms with Crippen LogP contribution in [-0.2, 0) is 9.59 Å². The summed E-state index contributed by atoms with van der Waals surface area (Å²) in [6.45, 7) is 0. The third-order valence-corrected chi connectivity index (χ3v) is 1.35. The number of allylic oxidation sites excluding steroid dienone is 1. The van der Waals surface area contributed by atoms with Crippen LogP contribution in [0.1, 0.15) is 6.42 Å². The van der Waals surface area contributed by atoms with Crippen molar-refractivity contribution < 1.29 is 9.59 Å². The van der Waals surface area contributed by atoms with Crippen LogP contribution in [0.3, 0.4) is 0 Å². The van der Waals surface area contributed by atoms with E-state index in [0.717, 1.165) is 6.08 Å². The van der Waals surface area contributed by atoms with Crippen LogP contribution in [0.5, 0.6) is 0 Å². The van der Waals surface area contributed by atoms with Crippen LogP contribution in [0.2, 0.25) is 0 Å². The Labute approximate surface area is 57.9 Å². The maximum Gasteiger partial charge on any atom is 0.190 e. The van der Waals surface area contributed by atoms with Crippen molar-refractivity contribution in [2.45, 2.75) is 12.1 Å². The minimum Gasteiger partial charge on any atom is -0.307 e. The Bertz CT molecular complexity index is 218. The summed E-state index contributed by atoms with van der Waals surface area (Å²) in [5.74, 6) is -0.600. The molecular weight excluding hydrogens is 132 g/mol. The Morgan fingerprint density at radius 1 is 1.30 bits per heavy atom. The van der Waals surface area contributed by atoms with Crippen LogP contribution in [0.25, 0.3) is 0 Å². The van der Waals surface area contributed by atoms with Crippen molar-refractivity contribution in [1.29, 1.82) is 0 Å². The summed E-state index contributed by atoms with van der Waals surface area (Å²) >= 11 is 0. The van der Waals surface area contributed by atoms with E-state index in [-0.39, 0.29) is 12.2 Å². The van der Waals surface area contributed by atoms with E-state index in [1.165, 1.54) is 6.08 Å². The second-order valence-electron chi connectivity index (χ2n) is 2.38. The highest BCUT2D eigenvalue weighted by molar-refractivity contribution is 6.09. The molecule has 0 unspecified atom stereocenters. The van der Waals surface area contributed by atoms with Gasteiger partial charge < -0.3 is 11.5 Å². The highest BCUT2D eigenvalue weighted by Crippen LogP contribution is 2.08. The van der Waals surface area contributed by atoms with Gasteiger partial charge in [0.2, 0.25) is 0 Å². The first kappa shape index (κ1) is 7.11. The smallest absolute Gasteiger partial charge is 0.190 e. The molecule has 0 saturated carbocycles. The SMILES string of the molecule is NC1(N)CC(=O)C=CC1=O. The Morgan fingerprint density at radius 3 is 2.30 bits per heavy atom. The third kappa shape index (κ3) is 1.12. The van der Waals surface area contributed by atoms with E-state index >= 15 is 0 Å². The molecule has 0 aromatic carbocycles. The normalized spacial score (nSPS) is 23.4. The summed E-state index contributed by atoms with van der Waals surface area (Å²) in [4.78, 5) is 21.4. The van der Waals surface area contributed by atoms with E-state index in [1.807, 2.05) is 0 Å². The topological polar surface area (TPSA) is 86.2 Å². The van der Waals surface area contributed by atoms with Gasteiger partial charge in [0.25, 0.3) is 0 Å². The van der Waals surface area contributed by atoms with Crippen LogP contribution < -0.4 is 11.5 Å². The molecule has 0 aromatic heterocycles. The molecule has 4 N–H and O–H groups in total. The van der Waals surface area contributed by atoms with Crippen LogP contribution in [0.15, 0.2) is 12.2 Å². The van der Waals surface area contributed by atoms with Crippen molar-refractivity contribution in [3.8, 4) is 0 Å². The molecule has 54 valence electrons. The fourth-order valence-electron chi connectivity index (χ4n) is 0.758.